The summed E-state index contributed by atoms with van der Waals surface area (Å²) in [4.78, 5) is 8.95. The highest BCUT2D eigenvalue weighted by atomic mass is 16.5. The van der Waals surface area contributed by atoms with E-state index in [4.69, 9.17) is 4.74 Å². The number of methoxy groups -OCH3 is 1. The van der Waals surface area contributed by atoms with Crippen molar-refractivity contribution in [2.75, 3.05) is 20.7 Å². The maximum Gasteiger partial charge on any atom is 0.191 e. The molecule has 0 fully saturated rings. The van der Waals surface area contributed by atoms with Crippen LogP contribution in [-0.2, 0) is 37.2 Å². The zero-order valence-electron chi connectivity index (χ0n) is 16.1. The SMILES string of the molecule is CN=C(NCC1Cc2ccccc2C1)NC1CCc2nc(COC)nn2C1. The standard InChI is InChI=1S/C20H28N6O/c1-21-20(22-11-14-9-15-5-3-4-6-16(15)10-14)23-17-7-8-19-24-18(13-27-2)25-26(19)12-17/h3-6,14,17H,7-13H2,1-2H3,(H2,21,22,23). The molecule has 2 N–H and O–H groups in total. The van der Waals surface area contributed by atoms with E-state index >= 15 is 0 Å². The van der Waals surface area contributed by atoms with E-state index in [0.29, 0.717) is 18.6 Å². The van der Waals surface area contributed by atoms with Crippen molar-refractivity contribution in [3.05, 3.63) is 47.0 Å². The third-order valence-corrected chi connectivity index (χ3v) is 5.43. The number of fused-ring (bicyclic) bond motifs is 2. The number of benzene rings is 1. The van der Waals surface area contributed by atoms with Gasteiger partial charge in [0.2, 0.25) is 0 Å². The number of hydrogen-bond acceptors (Lipinski definition) is 4. The number of guanidine groups is 1. The molecule has 7 heteroatoms. The van der Waals surface area contributed by atoms with E-state index in [-0.39, 0.29) is 0 Å². The lowest BCUT2D eigenvalue weighted by Crippen LogP contribution is -2.48. The Morgan fingerprint density at radius 3 is 2.78 bits per heavy atom. The molecule has 144 valence electrons. The van der Waals surface area contributed by atoms with Crippen molar-refractivity contribution >= 4 is 5.96 Å². The highest BCUT2D eigenvalue weighted by Crippen LogP contribution is 2.25. The molecular weight excluding hydrogens is 340 g/mol. The van der Waals surface area contributed by atoms with Crippen LogP contribution in [0.2, 0.25) is 0 Å². The van der Waals surface area contributed by atoms with Crippen LogP contribution in [0.15, 0.2) is 29.3 Å². The van der Waals surface area contributed by atoms with Crippen LogP contribution < -0.4 is 10.6 Å². The summed E-state index contributed by atoms with van der Waals surface area (Å²) in [7, 11) is 3.50. The fourth-order valence-corrected chi connectivity index (χ4v) is 4.09. The molecule has 1 aliphatic heterocycles. The Kier molecular flexibility index (Phi) is 5.38. The Bertz CT molecular complexity index is 790. The normalized spacial score (nSPS) is 19.6. The second-order valence-electron chi connectivity index (χ2n) is 7.44. The molecule has 0 saturated heterocycles. The highest BCUT2D eigenvalue weighted by Gasteiger charge is 2.24. The lowest BCUT2D eigenvalue weighted by atomic mass is 10.1. The van der Waals surface area contributed by atoms with E-state index in [1.807, 2.05) is 11.7 Å². The summed E-state index contributed by atoms with van der Waals surface area (Å²) >= 11 is 0. The Hall–Kier alpha value is -2.41. The summed E-state index contributed by atoms with van der Waals surface area (Å²) in [6.07, 6.45) is 4.24. The van der Waals surface area contributed by atoms with Crippen LogP contribution in [0.1, 0.15) is 29.2 Å². The molecule has 1 atom stereocenters. The number of aliphatic imine (C=N–C) groups is 1. The van der Waals surface area contributed by atoms with Gasteiger partial charge in [0.25, 0.3) is 0 Å². The third-order valence-electron chi connectivity index (χ3n) is 5.43. The van der Waals surface area contributed by atoms with E-state index < -0.39 is 0 Å². The van der Waals surface area contributed by atoms with Crippen LogP contribution in [-0.4, -0.2) is 47.5 Å². The minimum atomic E-state index is 0.307. The first-order chi connectivity index (χ1) is 13.2. The molecular formula is C20H28N6O. The Balaban J connectivity index is 1.28. The van der Waals surface area contributed by atoms with Crippen molar-refractivity contribution in [2.45, 2.75) is 44.9 Å². The summed E-state index contributed by atoms with van der Waals surface area (Å²) in [6.45, 7) is 2.21. The van der Waals surface area contributed by atoms with Gasteiger partial charge in [-0.05, 0) is 36.3 Å². The van der Waals surface area contributed by atoms with Gasteiger partial charge in [0.15, 0.2) is 11.8 Å². The predicted octanol–water partition coefficient (Wildman–Crippen LogP) is 1.32. The zero-order valence-corrected chi connectivity index (χ0v) is 16.1. The molecule has 0 radical (unpaired) electrons. The molecule has 0 bridgehead atoms. The number of nitrogens with one attached hydrogen (secondary N) is 2. The van der Waals surface area contributed by atoms with Crippen molar-refractivity contribution < 1.29 is 4.74 Å². The second kappa shape index (κ2) is 8.08. The quantitative estimate of drug-likeness (QED) is 0.615. The number of aryl methyl sites for hydroxylation is 1. The first-order valence-electron chi connectivity index (χ1n) is 9.70. The molecule has 27 heavy (non-hydrogen) atoms. The molecule has 4 rings (SSSR count). The van der Waals surface area contributed by atoms with E-state index in [0.717, 1.165) is 56.4 Å². The second-order valence-corrected chi connectivity index (χ2v) is 7.44. The molecule has 2 aliphatic rings. The summed E-state index contributed by atoms with van der Waals surface area (Å²) < 4.78 is 7.13. The van der Waals surface area contributed by atoms with Gasteiger partial charge in [-0.3, -0.25) is 4.99 Å². The number of hydrogen-bond donors (Lipinski definition) is 2. The van der Waals surface area contributed by atoms with Gasteiger partial charge >= 0.3 is 0 Å². The molecule has 0 spiro atoms. The third kappa shape index (κ3) is 4.13. The fourth-order valence-electron chi connectivity index (χ4n) is 4.09. The molecule has 1 aromatic heterocycles. The molecule has 2 heterocycles. The maximum absolute atomic E-state index is 5.14. The van der Waals surface area contributed by atoms with Crippen molar-refractivity contribution in [1.82, 2.24) is 25.4 Å². The van der Waals surface area contributed by atoms with Crippen LogP contribution in [0, 0.1) is 5.92 Å². The van der Waals surface area contributed by atoms with Crippen molar-refractivity contribution in [3.8, 4) is 0 Å². The smallest absolute Gasteiger partial charge is 0.191 e. The summed E-state index contributed by atoms with van der Waals surface area (Å²) in [5.41, 5.74) is 2.98. The van der Waals surface area contributed by atoms with Crippen molar-refractivity contribution in [1.29, 1.82) is 0 Å². The van der Waals surface area contributed by atoms with Crippen LogP contribution in [0.5, 0.6) is 0 Å². The van der Waals surface area contributed by atoms with Gasteiger partial charge in [0.1, 0.15) is 12.4 Å². The fraction of sp³-hybridized carbons (Fsp3) is 0.550. The van der Waals surface area contributed by atoms with E-state index in [1.54, 1.807) is 7.11 Å². The number of nitrogens with zero attached hydrogens (tertiary/aromatic N) is 4. The zero-order chi connectivity index (χ0) is 18.6. The summed E-state index contributed by atoms with van der Waals surface area (Å²) in [5, 5.41) is 11.6. The molecule has 2 aromatic rings. The Morgan fingerprint density at radius 2 is 2.07 bits per heavy atom. The highest BCUT2D eigenvalue weighted by molar-refractivity contribution is 5.80. The molecule has 1 aromatic carbocycles. The number of aromatic nitrogens is 3. The Labute approximate surface area is 160 Å². The minimum Gasteiger partial charge on any atom is -0.377 e. The van der Waals surface area contributed by atoms with Crippen molar-refractivity contribution in [3.63, 3.8) is 0 Å². The summed E-state index contributed by atoms with van der Waals surface area (Å²) in [5.74, 6) is 3.31. The number of ether oxygens (including phenoxy) is 1. The minimum absolute atomic E-state index is 0.307. The molecule has 7 nitrogen and oxygen atoms in total. The lowest BCUT2D eigenvalue weighted by Gasteiger charge is -2.26. The average molecular weight is 368 g/mol. The van der Waals surface area contributed by atoms with E-state index in [9.17, 15) is 0 Å². The van der Waals surface area contributed by atoms with Gasteiger partial charge < -0.3 is 15.4 Å². The molecule has 0 saturated carbocycles. The first-order valence-corrected chi connectivity index (χ1v) is 9.70. The van der Waals surface area contributed by atoms with Gasteiger partial charge in [-0.1, -0.05) is 24.3 Å². The number of rotatable bonds is 5. The van der Waals surface area contributed by atoms with E-state index in [2.05, 4.69) is 50.0 Å². The van der Waals surface area contributed by atoms with Gasteiger partial charge in [-0.15, -0.1) is 0 Å². The van der Waals surface area contributed by atoms with Gasteiger partial charge in [-0.2, -0.15) is 5.10 Å². The molecule has 1 unspecified atom stereocenters. The van der Waals surface area contributed by atoms with Crippen LogP contribution in [0.25, 0.3) is 0 Å². The topological polar surface area (TPSA) is 76.4 Å². The molecule has 1 aliphatic carbocycles. The molecule has 0 amide bonds. The maximum atomic E-state index is 5.14. The van der Waals surface area contributed by atoms with Crippen molar-refractivity contribution in [2.24, 2.45) is 10.9 Å². The van der Waals surface area contributed by atoms with Crippen LogP contribution in [0.4, 0.5) is 0 Å². The monoisotopic (exact) mass is 368 g/mol. The summed E-state index contributed by atoms with van der Waals surface area (Å²) in [6, 6.07) is 9.07. The van der Waals surface area contributed by atoms with Crippen LogP contribution >= 0.6 is 0 Å². The first kappa shape index (κ1) is 18.0. The van der Waals surface area contributed by atoms with Gasteiger partial charge in [0.05, 0.1) is 6.54 Å². The van der Waals surface area contributed by atoms with Crippen LogP contribution in [0.3, 0.4) is 0 Å². The Morgan fingerprint density at radius 1 is 1.30 bits per heavy atom. The van der Waals surface area contributed by atoms with Gasteiger partial charge in [0, 0.05) is 33.2 Å². The average Bonchev–Trinajstić information content (AvgIpc) is 3.27. The van der Waals surface area contributed by atoms with Gasteiger partial charge in [-0.25, -0.2) is 9.67 Å². The van der Waals surface area contributed by atoms with E-state index in [1.165, 1.54) is 11.1 Å². The lowest BCUT2D eigenvalue weighted by molar-refractivity contribution is 0.177. The largest absolute Gasteiger partial charge is 0.377 e. The predicted molar refractivity (Wildman–Crippen MR) is 105 cm³/mol.